The molecule has 1 aromatic heterocycles. The summed E-state index contributed by atoms with van der Waals surface area (Å²) in [4.78, 5) is 44.7. The summed E-state index contributed by atoms with van der Waals surface area (Å²) < 4.78 is 43.5. The van der Waals surface area contributed by atoms with Gasteiger partial charge in [-0.25, -0.2) is 13.2 Å². The van der Waals surface area contributed by atoms with Gasteiger partial charge in [-0.2, -0.15) is 9.97 Å². The standard InChI is InChI=1S/C19H23N5O8S.Na/c1-6-16(25)24(2)11-7-8-12(17(26)32-5)13(9-11)33(28,29)23-19(27)22-18-20-14(30-3)10-15(21-18)31-4;/h7-10H,6H2,1-5H3,(H2,20,21,22,23,27);/q;+1/p-1. The maximum absolute atomic E-state index is 12.9. The summed E-state index contributed by atoms with van der Waals surface area (Å²) in [6.45, 7) is 1.63. The Labute approximate surface area is 218 Å². The van der Waals surface area contributed by atoms with Crippen LogP contribution < -0.4 is 49.2 Å². The summed E-state index contributed by atoms with van der Waals surface area (Å²) in [5.41, 5.74) is -0.195. The number of hydrogen-bond acceptors (Lipinski definition) is 10. The molecule has 0 aliphatic heterocycles. The van der Waals surface area contributed by atoms with Crippen molar-refractivity contribution in [1.82, 2.24) is 9.97 Å². The van der Waals surface area contributed by atoms with Gasteiger partial charge in [-0.3, -0.25) is 9.59 Å². The van der Waals surface area contributed by atoms with Crippen molar-refractivity contribution in [2.45, 2.75) is 18.2 Å². The van der Waals surface area contributed by atoms with Gasteiger partial charge in [0.2, 0.25) is 27.7 Å². The molecule has 0 saturated heterocycles. The van der Waals surface area contributed by atoms with Gasteiger partial charge in [0, 0.05) is 19.2 Å². The molecule has 178 valence electrons. The summed E-state index contributed by atoms with van der Waals surface area (Å²) in [6, 6.07) is 3.58. The summed E-state index contributed by atoms with van der Waals surface area (Å²) in [5.74, 6) is -1.51. The Morgan fingerprint density at radius 1 is 1.06 bits per heavy atom. The molecule has 1 aromatic carbocycles. The Kier molecular flexibility index (Phi) is 10.7. The van der Waals surface area contributed by atoms with Gasteiger partial charge < -0.3 is 29.1 Å². The molecule has 1 N–H and O–H groups in total. The molecule has 1 heterocycles. The number of amides is 3. The first-order valence-electron chi connectivity index (χ1n) is 9.31. The number of carbonyl (C=O) groups excluding carboxylic acids is 3. The van der Waals surface area contributed by atoms with E-state index in [1.807, 2.05) is 0 Å². The van der Waals surface area contributed by atoms with Crippen molar-refractivity contribution in [1.29, 1.82) is 0 Å². The maximum atomic E-state index is 12.9. The molecular weight excluding hydrogens is 481 g/mol. The minimum absolute atomic E-state index is 0. The molecule has 34 heavy (non-hydrogen) atoms. The smallest absolute Gasteiger partial charge is 0.481 e. The topological polar surface area (TPSA) is 168 Å². The Morgan fingerprint density at radius 2 is 1.65 bits per heavy atom. The fraction of sp³-hybridized carbons (Fsp3) is 0.316. The van der Waals surface area contributed by atoms with Crippen LogP contribution in [0.2, 0.25) is 0 Å². The predicted octanol–water partition coefficient (Wildman–Crippen LogP) is -1.05. The number of rotatable bonds is 8. The molecular formula is C19H22N5NaO8S. The van der Waals surface area contributed by atoms with Gasteiger partial charge in [-0.05, 0) is 18.2 Å². The van der Waals surface area contributed by atoms with Crippen molar-refractivity contribution in [2.24, 2.45) is 0 Å². The number of aromatic nitrogens is 2. The molecule has 2 aromatic rings. The van der Waals surface area contributed by atoms with Crippen LogP contribution >= 0.6 is 0 Å². The van der Waals surface area contributed by atoms with E-state index in [1.54, 1.807) is 6.92 Å². The van der Waals surface area contributed by atoms with Crippen LogP contribution in [0, 0.1) is 0 Å². The maximum Gasteiger partial charge on any atom is 1.00 e. The Hall–Kier alpha value is -2.94. The van der Waals surface area contributed by atoms with E-state index >= 15 is 0 Å². The number of hydrogen-bond donors (Lipinski definition) is 1. The molecule has 0 spiro atoms. The van der Waals surface area contributed by atoms with E-state index < -0.39 is 26.9 Å². The summed E-state index contributed by atoms with van der Waals surface area (Å²) >= 11 is 0. The molecule has 0 bridgehead atoms. The molecule has 0 unspecified atom stereocenters. The van der Waals surface area contributed by atoms with Crippen molar-refractivity contribution < 1.29 is 66.6 Å². The third-order valence-corrected chi connectivity index (χ3v) is 5.53. The molecule has 15 heteroatoms. The molecule has 0 aliphatic rings. The van der Waals surface area contributed by atoms with Crippen molar-refractivity contribution >= 4 is 39.6 Å². The molecule has 13 nitrogen and oxygen atoms in total. The van der Waals surface area contributed by atoms with Crippen LogP contribution in [0.3, 0.4) is 0 Å². The predicted molar refractivity (Wildman–Crippen MR) is 116 cm³/mol. The van der Waals surface area contributed by atoms with Crippen LogP contribution in [0.1, 0.15) is 23.7 Å². The minimum Gasteiger partial charge on any atom is -0.481 e. The molecule has 0 aliphatic carbocycles. The molecule has 0 radical (unpaired) electrons. The normalized spacial score (nSPS) is 10.4. The van der Waals surface area contributed by atoms with Crippen molar-refractivity contribution in [2.75, 3.05) is 38.6 Å². The number of nitrogens with zero attached hydrogens (tertiary/aromatic N) is 4. The molecule has 0 atom stereocenters. The van der Waals surface area contributed by atoms with Crippen molar-refractivity contribution in [3.8, 4) is 11.8 Å². The van der Waals surface area contributed by atoms with E-state index in [4.69, 9.17) is 9.47 Å². The summed E-state index contributed by atoms with van der Waals surface area (Å²) in [7, 11) is 0.421. The molecule has 0 fully saturated rings. The van der Waals surface area contributed by atoms with E-state index in [0.29, 0.717) is 0 Å². The van der Waals surface area contributed by atoms with E-state index in [-0.39, 0.29) is 70.8 Å². The third-order valence-electron chi connectivity index (χ3n) is 4.23. The first-order valence-corrected chi connectivity index (χ1v) is 10.7. The first-order chi connectivity index (χ1) is 15.6. The zero-order chi connectivity index (χ0) is 24.8. The van der Waals surface area contributed by atoms with Gasteiger partial charge >= 0.3 is 35.5 Å². The molecule has 0 saturated carbocycles. The Balaban J connectivity index is 0.00000578. The quantitative estimate of drug-likeness (QED) is 0.347. The van der Waals surface area contributed by atoms with Crippen molar-refractivity contribution in [3.63, 3.8) is 0 Å². The van der Waals surface area contributed by atoms with Gasteiger partial charge in [-0.1, -0.05) is 6.92 Å². The Morgan fingerprint density at radius 3 is 2.15 bits per heavy atom. The van der Waals surface area contributed by atoms with E-state index in [1.165, 1.54) is 38.3 Å². The van der Waals surface area contributed by atoms with Crippen LogP contribution in [0.4, 0.5) is 16.4 Å². The summed E-state index contributed by atoms with van der Waals surface area (Å²) in [6.07, 6.45) is 0.161. The fourth-order valence-corrected chi connectivity index (χ4v) is 3.60. The average Bonchev–Trinajstić information content (AvgIpc) is 2.81. The minimum atomic E-state index is -4.73. The van der Waals surface area contributed by atoms with Gasteiger partial charge in [-0.15, -0.1) is 0 Å². The van der Waals surface area contributed by atoms with Gasteiger partial charge in [0.1, 0.15) is 0 Å². The second kappa shape index (κ2) is 12.5. The number of ether oxygens (including phenoxy) is 3. The zero-order valence-electron chi connectivity index (χ0n) is 19.5. The molecule has 3 amide bonds. The number of methoxy groups -OCH3 is 3. The largest absolute Gasteiger partial charge is 1.00 e. The average molecular weight is 503 g/mol. The number of urea groups is 1. The first kappa shape index (κ1) is 29.1. The zero-order valence-corrected chi connectivity index (χ0v) is 22.3. The van der Waals surface area contributed by atoms with Crippen LogP contribution in [0.15, 0.2) is 29.2 Å². The van der Waals surface area contributed by atoms with Crippen LogP contribution in [-0.4, -0.2) is 64.7 Å². The molecule has 2 rings (SSSR count). The third kappa shape index (κ3) is 7.03. The number of esters is 1. The number of anilines is 2. The second-order valence-electron chi connectivity index (χ2n) is 6.25. The van der Waals surface area contributed by atoms with Crippen LogP contribution in [0.25, 0.3) is 4.72 Å². The van der Waals surface area contributed by atoms with Gasteiger partial charge in [0.25, 0.3) is 0 Å². The van der Waals surface area contributed by atoms with Crippen LogP contribution in [0.5, 0.6) is 11.8 Å². The number of sulfonamides is 1. The monoisotopic (exact) mass is 503 g/mol. The van der Waals surface area contributed by atoms with Gasteiger partial charge in [0.15, 0.2) is 12.0 Å². The SMILES string of the molecule is CCC(=O)N(C)c1ccc(C(=O)OC)c(S(=O)(=O)[N-]C(=O)Nc2nc(OC)cc(OC)n2)c1.[Na+]. The fourth-order valence-electron chi connectivity index (χ4n) is 2.54. The Bertz CT molecular complexity index is 1150. The number of benzene rings is 1. The van der Waals surface area contributed by atoms with Gasteiger partial charge in [0.05, 0.1) is 37.9 Å². The van der Waals surface area contributed by atoms with E-state index in [0.717, 1.165) is 19.2 Å². The van der Waals surface area contributed by atoms with Crippen molar-refractivity contribution in [3.05, 3.63) is 34.6 Å². The number of nitrogens with one attached hydrogen (secondary N) is 1. The second-order valence-corrected chi connectivity index (χ2v) is 7.82. The number of carbonyl (C=O) groups is 3. The van der Waals surface area contributed by atoms with Crippen LogP contribution in [-0.2, 0) is 19.6 Å². The van der Waals surface area contributed by atoms with E-state index in [2.05, 4.69) is 24.7 Å². The summed E-state index contributed by atoms with van der Waals surface area (Å²) in [5, 5.41) is 2.10. The van der Waals surface area contributed by atoms with E-state index in [9.17, 15) is 22.8 Å².